The van der Waals surface area contributed by atoms with E-state index in [9.17, 15) is 9.90 Å². The molecule has 0 saturated carbocycles. The maximum atomic E-state index is 11.9. The van der Waals surface area contributed by atoms with Crippen LogP contribution >= 0.6 is 34.8 Å². The number of fused-ring (bicyclic) bond motifs is 1. The van der Waals surface area contributed by atoms with E-state index in [4.69, 9.17) is 34.8 Å². The molecule has 1 atom stereocenters. The fourth-order valence-electron chi connectivity index (χ4n) is 4.07. The molecule has 3 aromatic rings. The molecule has 150 valence electrons. The van der Waals surface area contributed by atoms with E-state index in [-0.39, 0.29) is 11.6 Å². The molecule has 1 aromatic heterocycles. The minimum Gasteiger partial charge on any atom is -0.476 e. The molecular weight excluding hydrogens is 431 g/mol. The summed E-state index contributed by atoms with van der Waals surface area (Å²) in [6, 6.07) is 13.0. The number of halogens is 3. The van der Waals surface area contributed by atoms with Crippen molar-refractivity contribution in [3.63, 3.8) is 0 Å². The van der Waals surface area contributed by atoms with Crippen molar-refractivity contribution >= 4 is 40.8 Å². The number of carbonyl (C=O) groups is 1. The maximum absolute atomic E-state index is 11.9. The van der Waals surface area contributed by atoms with Crippen molar-refractivity contribution < 1.29 is 9.90 Å². The lowest BCUT2D eigenvalue weighted by atomic mass is 9.91. The molecule has 4 rings (SSSR count). The van der Waals surface area contributed by atoms with E-state index < -0.39 is 5.97 Å². The van der Waals surface area contributed by atoms with Crippen LogP contribution in [0.1, 0.15) is 52.5 Å². The highest BCUT2D eigenvalue weighted by Crippen LogP contribution is 2.38. The lowest BCUT2D eigenvalue weighted by molar-refractivity contribution is 0.0688. The maximum Gasteiger partial charge on any atom is 0.356 e. The van der Waals surface area contributed by atoms with Gasteiger partial charge in [-0.25, -0.2) is 9.48 Å². The number of carboxylic acids is 1. The first-order valence-electron chi connectivity index (χ1n) is 9.49. The quantitative estimate of drug-likeness (QED) is 0.457. The topological polar surface area (TPSA) is 55.1 Å². The summed E-state index contributed by atoms with van der Waals surface area (Å²) in [5.41, 5.74) is 3.63. The second-order valence-electron chi connectivity index (χ2n) is 7.30. The smallest absolute Gasteiger partial charge is 0.356 e. The van der Waals surface area contributed by atoms with Gasteiger partial charge in [0.25, 0.3) is 0 Å². The summed E-state index contributed by atoms with van der Waals surface area (Å²) in [6.07, 6.45) is 4.38. The van der Waals surface area contributed by atoms with Crippen molar-refractivity contribution in [3.05, 3.63) is 80.0 Å². The van der Waals surface area contributed by atoms with Crippen molar-refractivity contribution in [2.24, 2.45) is 0 Å². The van der Waals surface area contributed by atoms with E-state index >= 15 is 0 Å². The molecule has 0 saturated heterocycles. The summed E-state index contributed by atoms with van der Waals surface area (Å²) < 4.78 is 1.71. The molecule has 4 nitrogen and oxygen atoms in total. The van der Waals surface area contributed by atoms with Gasteiger partial charge in [0.05, 0.1) is 16.4 Å². The SMILES string of the molecule is O=C(O)c1nn(-c2ccc(Cl)cc2Cl)c2c1CCCCC2Cc1ccc(Cl)cc1. The molecule has 7 heteroatoms. The Morgan fingerprint density at radius 2 is 1.79 bits per heavy atom. The lowest BCUT2D eigenvalue weighted by Crippen LogP contribution is -2.11. The Hall–Kier alpha value is -2.01. The first-order valence-corrected chi connectivity index (χ1v) is 10.6. The van der Waals surface area contributed by atoms with Crippen molar-refractivity contribution in [1.29, 1.82) is 0 Å². The van der Waals surface area contributed by atoms with Crippen molar-refractivity contribution in [2.45, 2.75) is 38.0 Å². The van der Waals surface area contributed by atoms with Gasteiger partial charge in [0.1, 0.15) is 0 Å². The van der Waals surface area contributed by atoms with Gasteiger partial charge in [0, 0.05) is 21.5 Å². The van der Waals surface area contributed by atoms with Crippen LogP contribution < -0.4 is 0 Å². The molecule has 0 amide bonds. The average Bonchev–Trinajstić information content (AvgIpc) is 2.93. The van der Waals surface area contributed by atoms with E-state index in [1.165, 1.54) is 0 Å². The predicted octanol–water partition coefficient (Wildman–Crippen LogP) is 6.58. The number of aromatic carboxylic acids is 1. The molecule has 1 heterocycles. The van der Waals surface area contributed by atoms with Crippen LogP contribution in [0.4, 0.5) is 0 Å². The van der Waals surface area contributed by atoms with E-state index in [0.29, 0.717) is 27.2 Å². The zero-order valence-electron chi connectivity index (χ0n) is 15.5. The molecule has 1 aliphatic rings. The van der Waals surface area contributed by atoms with Crippen LogP contribution in [0.25, 0.3) is 5.69 Å². The fraction of sp³-hybridized carbons (Fsp3) is 0.273. The Labute approximate surface area is 184 Å². The number of hydrogen-bond acceptors (Lipinski definition) is 2. The summed E-state index contributed by atoms with van der Waals surface area (Å²) in [5.74, 6) is -0.891. The first kappa shape index (κ1) is 20.3. The summed E-state index contributed by atoms with van der Waals surface area (Å²) in [5, 5.41) is 15.9. The van der Waals surface area contributed by atoms with Gasteiger partial charge in [-0.15, -0.1) is 0 Å². The molecule has 1 aliphatic carbocycles. The summed E-state index contributed by atoms with van der Waals surface area (Å²) in [6.45, 7) is 0. The Morgan fingerprint density at radius 1 is 1.07 bits per heavy atom. The van der Waals surface area contributed by atoms with Gasteiger partial charge >= 0.3 is 5.97 Å². The van der Waals surface area contributed by atoms with Crippen LogP contribution in [-0.2, 0) is 12.8 Å². The van der Waals surface area contributed by atoms with Gasteiger partial charge in [-0.05, 0) is 61.6 Å². The summed E-state index contributed by atoms with van der Waals surface area (Å²) in [4.78, 5) is 11.9. The van der Waals surface area contributed by atoms with Gasteiger partial charge in [0.2, 0.25) is 0 Å². The highest BCUT2D eigenvalue weighted by Gasteiger charge is 2.30. The molecule has 0 aliphatic heterocycles. The Bertz CT molecular complexity index is 1060. The average molecular weight is 450 g/mol. The van der Waals surface area contributed by atoms with Gasteiger partial charge in [-0.1, -0.05) is 53.4 Å². The van der Waals surface area contributed by atoms with Crippen LogP contribution in [0.2, 0.25) is 15.1 Å². The van der Waals surface area contributed by atoms with Crippen LogP contribution in [-0.4, -0.2) is 20.9 Å². The third kappa shape index (κ3) is 4.16. The van der Waals surface area contributed by atoms with Crippen molar-refractivity contribution in [1.82, 2.24) is 9.78 Å². The second kappa shape index (κ2) is 8.39. The van der Waals surface area contributed by atoms with Gasteiger partial charge in [0.15, 0.2) is 5.69 Å². The lowest BCUT2D eigenvalue weighted by Gasteiger charge is -2.19. The molecular formula is C22H19Cl3N2O2. The minimum absolute atomic E-state index is 0.106. The highest BCUT2D eigenvalue weighted by molar-refractivity contribution is 6.35. The van der Waals surface area contributed by atoms with Crippen LogP contribution in [0, 0.1) is 0 Å². The molecule has 0 bridgehead atoms. The normalized spacial score (nSPS) is 16.3. The monoisotopic (exact) mass is 448 g/mol. The van der Waals surface area contributed by atoms with E-state index in [2.05, 4.69) is 5.10 Å². The number of carboxylic acid groups (broad SMARTS) is 1. The molecule has 29 heavy (non-hydrogen) atoms. The number of nitrogens with zero attached hydrogens (tertiary/aromatic N) is 2. The predicted molar refractivity (Wildman–Crippen MR) is 116 cm³/mol. The van der Waals surface area contributed by atoms with Crippen molar-refractivity contribution in [3.8, 4) is 5.69 Å². The molecule has 2 aromatic carbocycles. The summed E-state index contributed by atoms with van der Waals surface area (Å²) >= 11 is 18.5. The summed E-state index contributed by atoms with van der Waals surface area (Å²) in [7, 11) is 0. The second-order valence-corrected chi connectivity index (χ2v) is 8.58. The van der Waals surface area contributed by atoms with Gasteiger partial charge < -0.3 is 5.11 Å². The molecule has 1 unspecified atom stereocenters. The number of hydrogen-bond donors (Lipinski definition) is 1. The molecule has 0 radical (unpaired) electrons. The zero-order valence-corrected chi connectivity index (χ0v) is 17.8. The Balaban J connectivity index is 1.86. The van der Waals surface area contributed by atoms with Crippen molar-refractivity contribution in [2.75, 3.05) is 0 Å². The van der Waals surface area contributed by atoms with E-state index in [0.717, 1.165) is 42.5 Å². The fourth-order valence-corrected chi connectivity index (χ4v) is 4.69. The number of rotatable bonds is 4. The van der Waals surface area contributed by atoms with Gasteiger partial charge in [-0.2, -0.15) is 5.10 Å². The molecule has 1 N–H and O–H groups in total. The number of aromatic nitrogens is 2. The van der Waals surface area contributed by atoms with Crippen LogP contribution in [0.3, 0.4) is 0 Å². The Kier molecular flexibility index (Phi) is 5.86. The highest BCUT2D eigenvalue weighted by atomic mass is 35.5. The zero-order chi connectivity index (χ0) is 20.5. The largest absolute Gasteiger partial charge is 0.476 e. The van der Waals surface area contributed by atoms with E-state index in [1.807, 2.05) is 24.3 Å². The Morgan fingerprint density at radius 3 is 2.48 bits per heavy atom. The standard InChI is InChI=1S/C22H19Cl3N2O2/c23-15-7-5-13(6-8-15)11-14-3-1-2-4-17-20(22(28)29)26-27(21(14)17)19-10-9-16(24)12-18(19)25/h5-10,12,14H,1-4,11H2,(H,28,29). The van der Waals surface area contributed by atoms with Crippen LogP contribution in [0.15, 0.2) is 42.5 Å². The van der Waals surface area contributed by atoms with Crippen LogP contribution in [0.5, 0.6) is 0 Å². The number of benzene rings is 2. The van der Waals surface area contributed by atoms with Gasteiger partial charge in [-0.3, -0.25) is 0 Å². The first-order chi connectivity index (χ1) is 13.9. The minimum atomic E-state index is -1.02. The third-order valence-electron chi connectivity index (χ3n) is 5.38. The molecule has 0 fully saturated rings. The third-order valence-corrected chi connectivity index (χ3v) is 6.16. The van der Waals surface area contributed by atoms with E-state index in [1.54, 1.807) is 22.9 Å². The molecule has 0 spiro atoms.